The van der Waals surface area contributed by atoms with Gasteiger partial charge in [0.25, 0.3) is 0 Å². The summed E-state index contributed by atoms with van der Waals surface area (Å²) in [5.74, 6) is -5.98. The smallest absolute Gasteiger partial charge is 0.194 e. The first-order chi connectivity index (χ1) is 7.16. The second kappa shape index (κ2) is 4.05. The van der Waals surface area contributed by atoms with Crippen LogP contribution in [0.3, 0.4) is 0 Å². The Kier molecular flexibility index (Phi) is 3.28. The molecule has 1 aromatic carbocycles. The fourth-order valence-corrected chi connectivity index (χ4v) is 1.30. The molecule has 1 atom stereocenters. The van der Waals surface area contributed by atoms with Gasteiger partial charge in [0.15, 0.2) is 17.5 Å². The zero-order valence-electron chi connectivity index (χ0n) is 9.24. The van der Waals surface area contributed by atoms with Crippen LogP contribution in [0.5, 0.6) is 0 Å². The summed E-state index contributed by atoms with van der Waals surface area (Å²) in [6, 6.07) is -0.748. The number of hydrogen-bond acceptors (Lipinski definition) is 1. The van der Waals surface area contributed by atoms with Crippen molar-refractivity contribution >= 4 is 0 Å². The van der Waals surface area contributed by atoms with Crippen molar-refractivity contribution in [1.82, 2.24) is 0 Å². The largest absolute Gasteiger partial charge is 0.323 e. The molecule has 0 aliphatic rings. The number of hydrogen-bond donors (Lipinski definition) is 1. The maximum absolute atomic E-state index is 13.4. The lowest BCUT2D eigenvalue weighted by molar-refractivity contribution is 0.303. The maximum Gasteiger partial charge on any atom is 0.194 e. The molecule has 0 radical (unpaired) electrons. The van der Waals surface area contributed by atoms with Crippen molar-refractivity contribution in [3.8, 4) is 0 Å². The summed E-state index contributed by atoms with van der Waals surface area (Å²) in [6.45, 7) is 4.95. The van der Waals surface area contributed by atoms with Gasteiger partial charge in [-0.25, -0.2) is 17.6 Å². The highest BCUT2D eigenvalue weighted by Gasteiger charge is 2.30. The summed E-state index contributed by atoms with van der Waals surface area (Å²) in [5, 5.41) is 0. The summed E-state index contributed by atoms with van der Waals surface area (Å²) < 4.78 is 52.3. The van der Waals surface area contributed by atoms with Crippen molar-refractivity contribution in [3.05, 3.63) is 34.9 Å². The van der Waals surface area contributed by atoms with Gasteiger partial charge in [-0.05, 0) is 5.41 Å². The maximum atomic E-state index is 13.4. The first kappa shape index (κ1) is 13.0. The minimum absolute atomic E-state index is 0.305. The highest BCUT2D eigenvalue weighted by Crippen LogP contribution is 2.34. The minimum atomic E-state index is -1.70. The highest BCUT2D eigenvalue weighted by atomic mass is 19.2. The third-order valence-corrected chi connectivity index (χ3v) is 2.39. The fourth-order valence-electron chi connectivity index (χ4n) is 1.30. The predicted molar refractivity (Wildman–Crippen MR) is 52.7 cm³/mol. The van der Waals surface area contributed by atoms with Gasteiger partial charge in [0.1, 0.15) is 5.82 Å². The summed E-state index contributed by atoms with van der Waals surface area (Å²) >= 11 is 0. The Balaban J connectivity index is 3.40. The molecule has 0 aromatic heterocycles. The molecule has 0 aliphatic heterocycles. The Morgan fingerprint density at radius 3 is 1.94 bits per heavy atom. The molecule has 0 saturated carbocycles. The molecule has 16 heavy (non-hydrogen) atoms. The van der Waals surface area contributed by atoms with E-state index in [1.165, 1.54) is 0 Å². The molecule has 2 N–H and O–H groups in total. The monoisotopic (exact) mass is 235 g/mol. The number of halogens is 4. The lowest BCUT2D eigenvalue weighted by atomic mass is 9.82. The van der Waals surface area contributed by atoms with Crippen LogP contribution in [0.25, 0.3) is 0 Å². The molecule has 90 valence electrons. The average Bonchev–Trinajstić information content (AvgIpc) is 2.13. The van der Waals surface area contributed by atoms with Crippen LogP contribution in [0, 0.1) is 28.7 Å². The standard InChI is InChI=1S/C11H13F4N/c1-11(2,3)10(16)7-5(12)4-6(13)8(14)9(7)15/h4,10H,16H2,1-3H3. The van der Waals surface area contributed by atoms with Crippen molar-refractivity contribution in [3.63, 3.8) is 0 Å². The van der Waals surface area contributed by atoms with Crippen molar-refractivity contribution in [2.75, 3.05) is 0 Å². The number of nitrogens with two attached hydrogens (primary N) is 1. The Bertz CT molecular complexity index is 409. The second-order valence-corrected chi connectivity index (χ2v) is 4.73. The van der Waals surface area contributed by atoms with Gasteiger partial charge in [-0.3, -0.25) is 0 Å². The molecule has 0 spiro atoms. The van der Waals surface area contributed by atoms with Gasteiger partial charge in [-0.15, -0.1) is 0 Å². The van der Waals surface area contributed by atoms with Crippen LogP contribution in [0.15, 0.2) is 6.07 Å². The summed E-state index contributed by atoms with van der Waals surface area (Å²) in [4.78, 5) is 0. The van der Waals surface area contributed by atoms with Crippen molar-refractivity contribution in [1.29, 1.82) is 0 Å². The summed E-state index contributed by atoms with van der Waals surface area (Å²) in [7, 11) is 0. The lowest BCUT2D eigenvalue weighted by Crippen LogP contribution is -2.28. The summed E-state index contributed by atoms with van der Waals surface area (Å²) in [6.07, 6.45) is 0. The highest BCUT2D eigenvalue weighted by molar-refractivity contribution is 5.26. The third kappa shape index (κ3) is 2.19. The zero-order chi connectivity index (χ0) is 12.7. The van der Waals surface area contributed by atoms with Gasteiger partial charge in [-0.2, -0.15) is 0 Å². The van der Waals surface area contributed by atoms with Gasteiger partial charge >= 0.3 is 0 Å². The third-order valence-electron chi connectivity index (χ3n) is 2.39. The van der Waals surface area contributed by atoms with Crippen LogP contribution in [0.1, 0.15) is 32.4 Å². The normalized spacial score (nSPS) is 14.0. The predicted octanol–water partition coefficient (Wildman–Crippen LogP) is 3.29. The minimum Gasteiger partial charge on any atom is -0.323 e. The van der Waals surface area contributed by atoms with Crippen LogP contribution < -0.4 is 5.73 Å². The molecular formula is C11H13F4N. The topological polar surface area (TPSA) is 26.0 Å². The van der Waals surface area contributed by atoms with Crippen molar-refractivity contribution in [2.45, 2.75) is 26.8 Å². The van der Waals surface area contributed by atoms with Crippen LogP contribution >= 0.6 is 0 Å². The molecule has 1 aromatic rings. The Labute approximate surface area is 91.3 Å². The number of rotatable bonds is 1. The van der Waals surface area contributed by atoms with E-state index in [4.69, 9.17) is 5.73 Å². The fraction of sp³-hybridized carbons (Fsp3) is 0.455. The van der Waals surface area contributed by atoms with E-state index in [9.17, 15) is 17.6 Å². The van der Waals surface area contributed by atoms with E-state index in [0.717, 1.165) is 0 Å². The molecule has 0 amide bonds. The van der Waals surface area contributed by atoms with Crippen LogP contribution in [0.4, 0.5) is 17.6 Å². The lowest BCUT2D eigenvalue weighted by Gasteiger charge is -2.28. The van der Waals surface area contributed by atoms with E-state index in [0.29, 0.717) is 6.07 Å². The molecule has 0 saturated heterocycles. The van der Waals surface area contributed by atoms with Crippen LogP contribution in [-0.4, -0.2) is 0 Å². The molecule has 1 rings (SSSR count). The first-order valence-corrected chi connectivity index (χ1v) is 4.74. The van der Waals surface area contributed by atoms with Crippen LogP contribution in [-0.2, 0) is 0 Å². The summed E-state index contributed by atoms with van der Waals surface area (Å²) in [5.41, 5.74) is 4.34. The van der Waals surface area contributed by atoms with E-state index in [2.05, 4.69) is 0 Å². The second-order valence-electron chi connectivity index (χ2n) is 4.73. The number of benzene rings is 1. The van der Waals surface area contributed by atoms with Gasteiger partial charge in [-0.1, -0.05) is 20.8 Å². The Morgan fingerprint density at radius 2 is 1.50 bits per heavy atom. The van der Waals surface area contributed by atoms with E-state index >= 15 is 0 Å². The molecular weight excluding hydrogens is 222 g/mol. The van der Waals surface area contributed by atoms with Crippen molar-refractivity contribution in [2.24, 2.45) is 11.1 Å². The van der Waals surface area contributed by atoms with Gasteiger partial charge < -0.3 is 5.73 Å². The first-order valence-electron chi connectivity index (χ1n) is 4.74. The van der Waals surface area contributed by atoms with E-state index in [-0.39, 0.29) is 0 Å². The molecule has 5 heteroatoms. The van der Waals surface area contributed by atoms with E-state index < -0.39 is 40.3 Å². The zero-order valence-corrected chi connectivity index (χ0v) is 9.24. The molecule has 0 heterocycles. The molecule has 1 nitrogen and oxygen atoms in total. The van der Waals surface area contributed by atoms with Crippen molar-refractivity contribution < 1.29 is 17.6 Å². The van der Waals surface area contributed by atoms with Gasteiger partial charge in [0, 0.05) is 17.7 Å². The molecule has 0 fully saturated rings. The Hall–Kier alpha value is -1.10. The van der Waals surface area contributed by atoms with Gasteiger partial charge in [0.2, 0.25) is 0 Å². The molecule has 0 bridgehead atoms. The van der Waals surface area contributed by atoms with E-state index in [1.807, 2.05) is 0 Å². The quantitative estimate of drug-likeness (QED) is 0.451. The van der Waals surface area contributed by atoms with Gasteiger partial charge in [0.05, 0.1) is 0 Å². The van der Waals surface area contributed by atoms with E-state index in [1.54, 1.807) is 20.8 Å². The Morgan fingerprint density at radius 1 is 1.00 bits per heavy atom. The average molecular weight is 235 g/mol. The molecule has 1 unspecified atom stereocenters. The molecule has 0 aliphatic carbocycles. The van der Waals surface area contributed by atoms with Crippen LogP contribution in [0.2, 0.25) is 0 Å². The SMILES string of the molecule is CC(C)(C)C(N)c1c(F)cc(F)c(F)c1F.